The number of nitro benzene ring substituents is 1. The average Bonchev–Trinajstić information content (AvgIpc) is 3.36. The van der Waals surface area contributed by atoms with Gasteiger partial charge in [-0.25, -0.2) is 4.98 Å². The molecule has 1 aliphatic carbocycles. The van der Waals surface area contributed by atoms with Crippen LogP contribution in [-0.4, -0.2) is 24.8 Å². The average molecular weight is 444 g/mol. The van der Waals surface area contributed by atoms with Crippen LogP contribution in [0.3, 0.4) is 0 Å². The SMILES string of the molecule is Cc1nccn1CC1CCc2c(c3ccccc3n2C)C1=NOCc1ccc([N+](=O)[O-])cc1. The molecule has 0 radical (unpaired) electrons. The summed E-state index contributed by atoms with van der Waals surface area (Å²) in [6.07, 6.45) is 5.77. The molecular weight excluding hydrogens is 418 g/mol. The van der Waals surface area contributed by atoms with Crippen LogP contribution < -0.4 is 0 Å². The summed E-state index contributed by atoms with van der Waals surface area (Å²) in [7, 11) is 2.11. The van der Waals surface area contributed by atoms with E-state index in [1.165, 1.54) is 28.7 Å². The number of benzene rings is 2. The van der Waals surface area contributed by atoms with Gasteiger partial charge in [-0.3, -0.25) is 10.1 Å². The van der Waals surface area contributed by atoms with Gasteiger partial charge in [-0.2, -0.15) is 0 Å². The largest absolute Gasteiger partial charge is 0.391 e. The Kier molecular flexibility index (Phi) is 5.42. The molecule has 2 aromatic heterocycles. The van der Waals surface area contributed by atoms with Crippen LogP contribution in [0.15, 0.2) is 66.1 Å². The molecule has 2 heterocycles. The summed E-state index contributed by atoms with van der Waals surface area (Å²) < 4.78 is 4.42. The molecule has 0 saturated heterocycles. The summed E-state index contributed by atoms with van der Waals surface area (Å²) in [6, 6.07) is 14.8. The summed E-state index contributed by atoms with van der Waals surface area (Å²) in [4.78, 5) is 20.7. The maximum atomic E-state index is 10.9. The lowest BCUT2D eigenvalue weighted by Crippen LogP contribution is -2.28. The number of hydrogen-bond acceptors (Lipinski definition) is 5. The van der Waals surface area contributed by atoms with Gasteiger partial charge in [0.15, 0.2) is 0 Å². The van der Waals surface area contributed by atoms with Gasteiger partial charge in [-0.1, -0.05) is 23.4 Å². The molecule has 8 nitrogen and oxygen atoms in total. The number of fused-ring (bicyclic) bond motifs is 3. The lowest BCUT2D eigenvalue weighted by molar-refractivity contribution is -0.384. The van der Waals surface area contributed by atoms with E-state index in [4.69, 9.17) is 4.84 Å². The number of oxime groups is 1. The number of rotatable bonds is 6. The van der Waals surface area contributed by atoms with Crippen LogP contribution in [0, 0.1) is 23.0 Å². The molecule has 33 heavy (non-hydrogen) atoms. The minimum absolute atomic E-state index is 0.0634. The van der Waals surface area contributed by atoms with Crippen molar-refractivity contribution in [1.82, 2.24) is 14.1 Å². The number of hydrogen-bond donors (Lipinski definition) is 0. The van der Waals surface area contributed by atoms with Gasteiger partial charge in [-0.05, 0) is 43.5 Å². The quantitative estimate of drug-likeness (QED) is 0.317. The molecule has 2 aromatic carbocycles. The highest BCUT2D eigenvalue weighted by Gasteiger charge is 2.31. The third-order valence-electron chi connectivity index (χ3n) is 6.48. The van der Waals surface area contributed by atoms with Crippen molar-refractivity contribution in [3.8, 4) is 0 Å². The van der Waals surface area contributed by atoms with E-state index in [0.29, 0.717) is 0 Å². The third-order valence-corrected chi connectivity index (χ3v) is 6.48. The molecule has 0 N–H and O–H groups in total. The molecular formula is C25H25N5O3. The number of nitrogens with zero attached hydrogens (tertiary/aromatic N) is 5. The van der Waals surface area contributed by atoms with Crippen molar-refractivity contribution in [2.75, 3.05) is 0 Å². The summed E-state index contributed by atoms with van der Waals surface area (Å²) in [5.41, 5.74) is 5.46. The smallest absolute Gasteiger partial charge is 0.269 e. The predicted octanol–water partition coefficient (Wildman–Crippen LogP) is 4.77. The molecule has 1 unspecified atom stereocenters. The normalized spacial score (nSPS) is 16.8. The summed E-state index contributed by atoms with van der Waals surface area (Å²) in [5, 5.41) is 16.7. The summed E-state index contributed by atoms with van der Waals surface area (Å²) in [6.45, 7) is 3.04. The number of nitro groups is 1. The molecule has 168 valence electrons. The van der Waals surface area contributed by atoms with Gasteiger partial charge >= 0.3 is 0 Å². The zero-order chi connectivity index (χ0) is 22.9. The summed E-state index contributed by atoms with van der Waals surface area (Å²) >= 11 is 0. The zero-order valence-corrected chi connectivity index (χ0v) is 18.6. The first-order chi connectivity index (χ1) is 16.0. The second-order valence-corrected chi connectivity index (χ2v) is 8.43. The molecule has 8 heteroatoms. The van der Waals surface area contributed by atoms with Crippen LogP contribution >= 0.6 is 0 Å². The highest BCUT2D eigenvalue weighted by atomic mass is 16.6. The van der Waals surface area contributed by atoms with Crippen molar-refractivity contribution in [2.24, 2.45) is 18.1 Å². The fourth-order valence-corrected chi connectivity index (χ4v) is 4.70. The predicted molar refractivity (Wildman–Crippen MR) is 126 cm³/mol. The molecule has 0 amide bonds. The van der Waals surface area contributed by atoms with E-state index in [2.05, 4.69) is 50.6 Å². The maximum Gasteiger partial charge on any atom is 0.269 e. The molecule has 0 spiro atoms. The fraction of sp³-hybridized carbons (Fsp3) is 0.280. The molecule has 4 aromatic rings. The van der Waals surface area contributed by atoms with Crippen molar-refractivity contribution in [2.45, 2.75) is 32.9 Å². The van der Waals surface area contributed by atoms with Crippen LogP contribution in [0.25, 0.3) is 10.9 Å². The number of non-ortho nitro benzene ring substituents is 1. The second-order valence-electron chi connectivity index (χ2n) is 8.43. The van der Waals surface area contributed by atoms with Crippen molar-refractivity contribution < 1.29 is 9.76 Å². The van der Waals surface area contributed by atoms with Crippen molar-refractivity contribution in [1.29, 1.82) is 0 Å². The molecule has 5 rings (SSSR count). The van der Waals surface area contributed by atoms with Gasteiger partial charge in [-0.15, -0.1) is 0 Å². The fourth-order valence-electron chi connectivity index (χ4n) is 4.70. The van der Waals surface area contributed by atoms with Crippen molar-refractivity contribution in [3.05, 3.63) is 93.7 Å². The molecule has 1 aliphatic rings. The lowest BCUT2D eigenvalue weighted by atomic mass is 9.84. The highest BCUT2D eigenvalue weighted by molar-refractivity contribution is 6.13. The number of aromatic nitrogens is 3. The van der Waals surface area contributed by atoms with Gasteiger partial charge < -0.3 is 14.0 Å². The molecule has 0 aliphatic heterocycles. The van der Waals surface area contributed by atoms with Gasteiger partial charge in [0.2, 0.25) is 0 Å². The Morgan fingerprint density at radius 1 is 1.21 bits per heavy atom. The first-order valence-electron chi connectivity index (χ1n) is 11.0. The van der Waals surface area contributed by atoms with Crippen LogP contribution in [0.2, 0.25) is 0 Å². The molecule has 0 bridgehead atoms. The number of para-hydroxylation sites is 1. The van der Waals surface area contributed by atoms with E-state index >= 15 is 0 Å². The Morgan fingerprint density at radius 2 is 2.00 bits per heavy atom. The van der Waals surface area contributed by atoms with Crippen molar-refractivity contribution in [3.63, 3.8) is 0 Å². The van der Waals surface area contributed by atoms with E-state index in [0.717, 1.165) is 42.0 Å². The number of aryl methyl sites for hydroxylation is 2. The Labute approximate surface area is 191 Å². The summed E-state index contributed by atoms with van der Waals surface area (Å²) in [5.74, 6) is 1.16. The minimum atomic E-state index is -0.405. The van der Waals surface area contributed by atoms with E-state index in [1.807, 2.05) is 19.3 Å². The zero-order valence-electron chi connectivity index (χ0n) is 18.6. The van der Waals surface area contributed by atoms with E-state index in [1.54, 1.807) is 12.1 Å². The Hall–Kier alpha value is -3.94. The monoisotopic (exact) mass is 443 g/mol. The maximum absolute atomic E-state index is 10.9. The van der Waals surface area contributed by atoms with Crippen LogP contribution in [0.4, 0.5) is 5.69 Å². The van der Waals surface area contributed by atoms with E-state index in [9.17, 15) is 10.1 Å². The van der Waals surface area contributed by atoms with Crippen LogP contribution in [0.1, 0.15) is 29.1 Å². The van der Waals surface area contributed by atoms with Gasteiger partial charge in [0.05, 0.1) is 10.6 Å². The van der Waals surface area contributed by atoms with E-state index < -0.39 is 4.92 Å². The van der Waals surface area contributed by atoms with Crippen LogP contribution in [-0.2, 0) is 31.5 Å². The first kappa shape index (κ1) is 20.9. The lowest BCUT2D eigenvalue weighted by Gasteiger charge is -2.26. The second kappa shape index (κ2) is 8.54. The molecule has 1 atom stereocenters. The van der Waals surface area contributed by atoms with E-state index in [-0.39, 0.29) is 18.2 Å². The Bertz CT molecular complexity index is 1350. The van der Waals surface area contributed by atoms with Gasteiger partial charge in [0.1, 0.15) is 12.4 Å². The highest BCUT2D eigenvalue weighted by Crippen LogP contribution is 2.35. The van der Waals surface area contributed by atoms with Gasteiger partial charge in [0.25, 0.3) is 5.69 Å². The van der Waals surface area contributed by atoms with Crippen LogP contribution in [0.5, 0.6) is 0 Å². The minimum Gasteiger partial charge on any atom is -0.391 e. The Balaban J connectivity index is 1.49. The topological polar surface area (TPSA) is 87.5 Å². The Morgan fingerprint density at radius 3 is 2.73 bits per heavy atom. The van der Waals surface area contributed by atoms with Gasteiger partial charge in [0, 0.05) is 66.2 Å². The van der Waals surface area contributed by atoms with Crippen molar-refractivity contribution >= 4 is 22.3 Å². The standard InChI is InChI=1S/C25H25N5O3/c1-17-26-13-14-29(17)15-19-9-12-23-24(21-5-3-4-6-22(21)28(23)2)25(19)27-33-16-18-7-10-20(11-8-18)30(31)32/h3-8,10-11,13-14,19H,9,12,15-16H2,1-2H3. The third kappa shape index (κ3) is 3.88. The first-order valence-corrected chi connectivity index (χ1v) is 11.0. The molecule has 0 fully saturated rings. The molecule has 0 saturated carbocycles. The number of imidazole rings is 1.